The number of carbonyl (C=O) groups excluding carboxylic acids is 1. The molecule has 27 heavy (non-hydrogen) atoms. The van der Waals surface area contributed by atoms with Crippen molar-refractivity contribution in [1.82, 2.24) is 4.90 Å². The highest BCUT2D eigenvalue weighted by Crippen LogP contribution is 2.48. The number of carbonyl (C=O) groups is 1. The van der Waals surface area contributed by atoms with Gasteiger partial charge in [0.1, 0.15) is 11.3 Å². The molecule has 0 aliphatic carbocycles. The molecule has 0 fully saturated rings. The number of ether oxygens (including phenoxy) is 1. The van der Waals surface area contributed by atoms with E-state index in [9.17, 15) is 18.0 Å². The summed E-state index contributed by atoms with van der Waals surface area (Å²) in [6.07, 6.45) is -4.78. The SMILES string of the molecule is CN1C(=O)C(c2ccc(OC(F)(F)F)cc2)[C@@](C)(c2sccc2Br)N=C1N. The average Bonchev–Trinajstić information content (AvgIpc) is 3.00. The summed E-state index contributed by atoms with van der Waals surface area (Å²) in [6, 6.07) is 7.09. The largest absolute Gasteiger partial charge is 0.573 e. The van der Waals surface area contributed by atoms with Crippen molar-refractivity contribution in [3.63, 3.8) is 0 Å². The first-order valence-electron chi connectivity index (χ1n) is 7.75. The first-order chi connectivity index (χ1) is 12.5. The van der Waals surface area contributed by atoms with Crippen LogP contribution in [0.3, 0.4) is 0 Å². The number of halogens is 4. The molecule has 1 unspecified atom stereocenters. The highest BCUT2D eigenvalue weighted by molar-refractivity contribution is 9.10. The first-order valence-corrected chi connectivity index (χ1v) is 9.42. The van der Waals surface area contributed by atoms with Gasteiger partial charge in [0.2, 0.25) is 5.91 Å². The quantitative estimate of drug-likeness (QED) is 0.744. The summed E-state index contributed by atoms with van der Waals surface area (Å²) < 4.78 is 41.9. The lowest BCUT2D eigenvalue weighted by Gasteiger charge is -2.40. The van der Waals surface area contributed by atoms with Crippen molar-refractivity contribution in [3.05, 3.63) is 50.6 Å². The van der Waals surface area contributed by atoms with Crippen molar-refractivity contribution in [2.75, 3.05) is 7.05 Å². The number of alkyl halides is 3. The maximum absolute atomic E-state index is 13.0. The molecule has 1 aliphatic rings. The molecule has 2 N–H and O–H groups in total. The Bertz CT molecular complexity index is 898. The van der Waals surface area contributed by atoms with Crippen molar-refractivity contribution in [1.29, 1.82) is 0 Å². The number of rotatable bonds is 3. The third-order valence-electron chi connectivity index (χ3n) is 4.35. The second-order valence-corrected chi connectivity index (χ2v) is 7.93. The van der Waals surface area contributed by atoms with Gasteiger partial charge in [0.15, 0.2) is 5.96 Å². The monoisotopic (exact) mass is 461 g/mol. The predicted molar refractivity (Wildman–Crippen MR) is 99.6 cm³/mol. The van der Waals surface area contributed by atoms with Crippen LogP contribution in [0.4, 0.5) is 13.2 Å². The smallest absolute Gasteiger partial charge is 0.406 e. The number of guanidine groups is 1. The minimum Gasteiger partial charge on any atom is -0.406 e. The third kappa shape index (κ3) is 3.68. The molecular formula is C17H15BrF3N3O2S. The van der Waals surface area contributed by atoms with E-state index in [4.69, 9.17) is 5.73 Å². The molecule has 0 saturated heterocycles. The molecule has 0 radical (unpaired) electrons. The Morgan fingerprint density at radius 3 is 2.44 bits per heavy atom. The van der Waals surface area contributed by atoms with Crippen LogP contribution >= 0.6 is 27.3 Å². The zero-order valence-corrected chi connectivity index (χ0v) is 16.7. The Morgan fingerprint density at radius 1 is 1.30 bits per heavy atom. The van der Waals surface area contributed by atoms with Gasteiger partial charge in [-0.1, -0.05) is 12.1 Å². The zero-order valence-electron chi connectivity index (χ0n) is 14.2. The van der Waals surface area contributed by atoms with Gasteiger partial charge in [0, 0.05) is 16.4 Å². The van der Waals surface area contributed by atoms with E-state index in [2.05, 4.69) is 25.7 Å². The lowest BCUT2D eigenvalue weighted by Crippen LogP contribution is -2.52. The summed E-state index contributed by atoms with van der Waals surface area (Å²) in [5.74, 6) is -1.33. The number of likely N-dealkylation sites (N-methyl/N-ethyl adjacent to an activating group) is 1. The molecule has 10 heteroatoms. The third-order valence-corrected chi connectivity index (χ3v) is 6.42. The minimum absolute atomic E-state index is 0.0797. The van der Waals surface area contributed by atoms with Crippen LogP contribution in [-0.2, 0) is 10.3 Å². The molecule has 2 heterocycles. The van der Waals surface area contributed by atoms with Gasteiger partial charge < -0.3 is 10.5 Å². The second-order valence-electron chi connectivity index (χ2n) is 6.16. The average molecular weight is 462 g/mol. The number of nitrogens with zero attached hydrogens (tertiary/aromatic N) is 2. The van der Waals surface area contributed by atoms with Crippen LogP contribution in [0.2, 0.25) is 0 Å². The van der Waals surface area contributed by atoms with Gasteiger partial charge in [-0.15, -0.1) is 24.5 Å². The van der Waals surface area contributed by atoms with Crippen molar-refractivity contribution in [3.8, 4) is 5.75 Å². The maximum Gasteiger partial charge on any atom is 0.573 e. The number of benzene rings is 1. The molecule has 1 aromatic heterocycles. The molecule has 5 nitrogen and oxygen atoms in total. The summed E-state index contributed by atoms with van der Waals surface area (Å²) in [6.45, 7) is 1.78. The highest BCUT2D eigenvalue weighted by atomic mass is 79.9. The van der Waals surface area contributed by atoms with Crippen LogP contribution in [0, 0.1) is 0 Å². The number of hydrogen-bond donors (Lipinski definition) is 1. The number of hydrogen-bond acceptors (Lipinski definition) is 5. The summed E-state index contributed by atoms with van der Waals surface area (Å²) in [5, 5.41) is 1.86. The topological polar surface area (TPSA) is 67.9 Å². The predicted octanol–water partition coefficient (Wildman–Crippen LogP) is 4.19. The molecule has 1 amide bonds. The van der Waals surface area contributed by atoms with E-state index < -0.39 is 17.8 Å². The van der Waals surface area contributed by atoms with Crippen molar-refractivity contribution < 1.29 is 22.7 Å². The van der Waals surface area contributed by atoms with Gasteiger partial charge in [0.05, 0.1) is 5.92 Å². The molecule has 2 aromatic rings. The first kappa shape index (κ1) is 19.7. The lowest BCUT2D eigenvalue weighted by molar-refractivity contribution is -0.274. The van der Waals surface area contributed by atoms with Gasteiger partial charge in [-0.25, -0.2) is 4.99 Å². The van der Waals surface area contributed by atoms with Crippen LogP contribution in [0.1, 0.15) is 23.3 Å². The molecule has 0 saturated carbocycles. The van der Waals surface area contributed by atoms with Gasteiger partial charge in [0.25, 0.3) is 0 Å². The highest BCUT2D eigenvalue weighted by Gasteiger charge is 2.48. The van der Waals surface area contributed by atoms with Crippen LogP contribution < -0.4 is 10.5 Å². The standard InChI is InChI=1S/C17H15BrF3N3O2S/c1-16(13-11(18)7-8-27-13)12(14(25)24(2)15(22)23-16)9-3-5-10(6-4-9)26-17(19,20)21/h3-8,12H,1-2H3,(H2,22,23)/t12?,16-/m0/s1. The number of thiophene rings is 1. The van der Waals surface area contributed by atoms with Crippen LogP contribution in [0.15, 0.2) is 45.2 Å². The van der Waals surface area contributed by atoms with Gasteiger partial charge in [-0.2, -0.15) is 0 Å². The number of amides is 1. The fourth-order valence-electron chi connectivity index (χ4n) is 3.09. The lowest BCUT2D eigenvalue weighted by atomic mass is 9.78. The summed E-state index contributed by atoms with van der Waals surface area (Å²) in [5.41, 5.74) is 5.44. The zero-order chi connectivity index (χ0) is 20.0. The fourth-order valence-corrected chi connectivity index (χ4v) is 5.00. The molecule has 1 aliphatic heterocycles. The molecule has 144 valence electrons. The van der Waals surface area contributed by atoms with E-state index >= 15 is 0 Å². The van der Waals surface area contributed by atoms with Crippen molar-refractivity contribution in [2.24, 2.45) is 10.7 Å². The van der Waals surface area contributed by atoms with E-state index in [0.29, 0.717) is 5.56 Å². The molecule has 2 atom stereocenters. The molecule has 0 bridgehead atoms. The van der Waals surface area contributed by atoms with Gasteiger partial charge in [-0.05, 0) is 52.0 Å². The summed E-state index contributed by atoms with van der Waals surface area (Å²) >= 11 is 4.88. The Balaban J connectivity index is 2.08. The fraction of sp³-hybridized carbons (Fsp3) is 0.294. The minimum atomic E-state index is -4.78. The van der Waals surface area contributed by atoms with E-state index in [1.807, 2.05) is 11.4 Å². The second kappa shape index (κ2) is 6.83. The van der Waals surface area contributed by atoms with E-state index in [1.54, 1.807) is 6.92 Å². The normalized spacial score (nSPS) is 23.3. The Kier molecular flexibility index (Phi) is 4.98. The molecular weight excluding hydrogens is 447 g/mol. The molecule has 3 rings (SSSR count). The van der Waals surface area contributed by atoms with Crippen molar-refractivity contribution >= 4 is 39.1 Å². The summed E-state index contributed by atoms with van der Waals surface area (Å²) in [7, 11) is 1.51. The van der Waals surface area contributed by atoms with Crippen LogP contribution in [-0.4, -0.2) is 30.2 Å². The maximum atomic E-state index is 13.0. The summed E-state index contributed by atoms with van der Waals surface area (Å²) in [4.78, 5) is 19.6. The van der Waals surface area contributed by atoms with Gasteiger partial charge in [-0.3, -0.25) is 9.69 Å². The Labute approximate surface area is 165 Å². The Hall–Kier alpha value is -2.07. The number of nitrogens with two attached hydrogens (primary N) is 1. The van der Waals surface area contributed by atoms with E-state index in [-0.39, 0.29) is 17.6 Å². The molecule has 1 aromatic carbocycles. The van der Waals surface area contributed by atoms with Crippen molar-refractivity contribution in [2.45, 2.75) is 24.7 Å². The number of aliphatic imine (C=N–C) groups is 1. The Morgan fingerprint density at radius 2 is 1.93 bits per heavy atom. The van der Waals surface area contributed by atoms with Crippen LogP contribution in [0.25, 0.3) is 0 Å². The van der Waals surface area contributed by atoms with Crippen LogP contribution in [0.5, 0.6) is 5.75 Å². The van der Waals surface area contributed by atoms with E-state index in [1.165, 1.54) is 47.5 Å². The molecule has 0 spiro atoms. The van der Waals surface area contributed by atoms with E-state index in [0.717, 1.165) is 9.35 Å². The van der Waals surface area contributed by atoms with Gasteiger partial charge >= 0.3 is 6.36 Å².